The average molecular weight is 726 g/mol. The number of nitrogens with zero attached hydrogens (tertiary/aromatic N) is 2. The molecule has 0 spiro atoms. The Morgan fingerprint density at radius 1 is 0.958 bits per heavy atom. The lowest BCUT2D eigenvalue weighted by Crippen LogP contribution is -2.43. The van der Waals surface area contributed by atoms with Crippen LogP contribution in [-0.4, -0.2) is 40.4 Å². The molecule has 4 rings (SSSR count). The van der Waals surface area contributed by atoms with E-state index in [-0.39, 0.29) is 34.3 Å². The zero-order valence-corrected chi connectivity index (χ0v) is 27.3. The largest absolute Gasteiger partial charge is 0.457 e. The van der Waals surface area contributed by atoms with Crippen molar-refractivity contribution in [2.45, 2.75) is 38.4 Å². The van der Waals surface area contributed by atoms with Crippen LogP contribution in [0.2, 0.25) is 0 Å². The predicted octanol–water partition coefficient (Wildman–Crippen LogP) is 7.81. The van der Waals surface area contributed by atoms with Gasteiger partial charge in [0.15, 0.2) is 0 Å². The minimum atomic E-state index is -4.59. The van der Waals surface area contributed by atoms with E-state index in [0.717, 1.165) is 24.5 Å². The van der Waals surface area contributed by atoms with E-state index in [1.54, 1.807) is 54.9 Å². The fourth-order valence-corrected chi connectivity index (χ4v) is 4.80. The number of carbonyl (C=O) groups excluding carboxylic acids is 3. The Balaban J connectivity index is 1.29. The molecule has 0 bridgehead atoms. The second kappa shape index (κ2) is 17.1. The van der Waals surface area contributed by atoms with Gasteiger partial charge in [-0.2, -0.15) is 13.2 Å². The van der Waals surface area contributed by atoms with E-state index in [1.165, 1.54) is 30.5 Å². The number of ether oxygens (including phenoxy) is 1. The van der Waals surface area contributed by atoms with Crippen molar-refractivity contribution in [3.8, 4) is 11.5 Å². The van der Waals surface area contributed by atoms with Gasteiger partial charge in [-0.25, -0.2) is 4.79 Å². The van der Waals surface area contributed by atoms with Crippen LogP contribution in [0.4, 0.5) is 29.3 Å². The molecule has 4 aromatic rings. The Morgan fingerprint density at radius 2 is 1.71 bits per heavy atom. The molecule has 0 saturated carbocycles. The van der Waals surface area contributed by atoms with Gasteiger partial charge in [0.1, 0.15) is 17.2 Å². The molecule has 0 saturated heterocycles. The topological polar surface area (TPSA) is 134 Å². The molecule has 1 unspecified atom stereocenters. The molecule has 2 aromatic heterocycles. The van der Waals surface area contributed by atoms with Gasteiger partial charge < -0.3 is 26.0 Å². The molecule has 1 atom stereocenters. The van der Waals surface area contributed by atoms with E-state index in [9.17, 15) is 27.6 Å². The third-order valence-electron chi connectivity index (χ3n) is 6.71. The summed E-state index contributed by atoms with van der Waals surface area (Å²) in [5.74, 6) is -0.00177. The van der Waals surface area contributed by atoms with Crippen molar-refractivity contribution in [1.29, 1.82) is 0 Å². The molecule has 250 valence electrons. The van der Waals surface area contributed by atoms with E-state index in [4.69, 9.17) is 4.74 Å². The highest BCUT2D eigenvalue weighted by Crippen LogP contribution is 2.36. The van der Waals surface area contributed by atoms with Crippen molar-refractivity contribution >= 4 is 51.2 Å². The Hall–Kier alpha value is -5.24. The van der Waals surface area contributed by atoms with Crippen LogP contribution in [0.5, 0.6) is 11.5 Å². The number of aromatic nitrogens is 2. The molecule has 0 aliphatic rings. The first-order chi connectivity index (χ1) is 23.0. The zero-order valence-electron chi connectivity index (χ0n) is 25.7. The summed E-state index contributed by atoms with van der Waals surface area (Å²) in [5.41, 5.74) is 0.321. The summed E-state index contributed by atoms with van der Waals surface area (Å²) in [6, 6.07) is 15.2. The monoisotopic (exact) mass is 724 g/mol. The lowest BCUT2D eigenvalue weighted by molar-refractivity contribution is -0.138. The Bertz CT molecular complexity index is 1740. The third kappa shape index (κ3) is 11.2. The standard InChI is InChI=1S/C34H32BrF3N6O4/c1-2-3-6-25(42-31(45)14-7-22-5-4-16-39-20-22)21-41-32(46)30-19-27(15-17-40-30)48-26-11-8-23(9-12-26)43-33(47)44-24-10-13-29(35)28(18-24)34(36,37)38/h4-5,7-20,25H,2-3,6,21H2,1H3,(H,41,46)(H,42,45)(H2,43,44,47). The molecule has 4 amide bonds. The van der Waals surface area contributed by atoms with E-state index in [2.05, 4.69) is 47.2 Å². The van der Waals surface area contributed by atoms with E-state index in [0.29, 0.717) is 23.6 Å². The second-order valence-corrected chi connectivity index (χ2v) is 11.3. The molecule has 4 N–H and O–H groups in total. The summed E-state index contributed by atoms with van der Waals surface area (Å²) in [7, 11) is 0. The summed E-state index contributed by atoms with van der Waals surface area (Å²) in [6.45, 7) is 2.24. The number of carbonyl (C=O) groups is 3. The van der Waals surface area contributed by atoms with Gasteiger partial charge in [0.05, 0.1) is 5.56 Å². The van der Waals surface area contributed by atoms with Gasteiger partial charge >= 0.3 is 12.2 Å². The molecule has 10 nitrogen and oxygen atoms in total. The minimum Gasteiger partial charge on any atom is -0.457 e. The van der Waals surface area contributed by atoms with Crippen molar-refractivity contribution < 1.29 is 32.3 Å². The van der Waals surface area contributed by atoms with E-state index in [1.807, 2.05) is 13.0 Å². The number of hydrogen-bond acceptors (Lipinski definition) is 6. The highest BCUT2D eigenvalue weighted by Gasteiger charge is 2.33. The van der Waals surface area contributed by atoms with Crippen molar-refractivity contribution in [2.75, 3.05) is 17.2 Å². The Labute approximate surface area is 283 Å². The molecule has 0 aliphatic carbocycles. The first kappa shape index (κ1) is 35.6. The number of rotatable bonds is 13. The maximum Gasteiger partial charge on any atom is 0.417 e. The number of nitrogens with one attached hydrogen (secondary N) is 4. The highest BCUT2D eigenvalue weighted by molar-refractivity contribution is 9.10. The number of alkyl halides is 3. The van der Waals surface area contributed by atoms with Gasteiger partial charge in [-0.1, -0.05) is 41.8 Å². The number of benzene rings is 2. The first-order valence-electron chi connectivity index (χ1n) is 14.9. The molecule has 14 heteroatoms. The van der Waals surface area contributed by atoms with Crippen LogP contribution in [0, 0.1) is 0 Å². The van der Waals surface area contributed by atoms with Crippen molar-refractivity contribution in [3.05, 3.63) is 113 Å². The molecule has 48 heavy (non-hydrogen) atoms. The molecular weight excluding hydrogens is 693 g/mol. The van der Waals surface area contributed by atoms with Crippen LogP contribution in [0.3, 0.4) is 0 Å². The van der Waals surface area contributed by atoms with Crippen LogP contribution in [0.15, 0.2) is 95.9 Å². The summed E-state index contributed by atoms with van der Waals surface area (Å²) < 4.78 is 45.2. The van der Waals surface area contributed by atoms with Crippen molar-refractivity contribution in [3.63, 3.8) is 0 Å². The van der Waals surface area contributed by atoms with Gasteiger partial charge in [0.25, 0.3) is 5.91 Å². The van der Waals surface area contributed by atoms with Crippen LogP contribution in [-0.2, 0) is 11.0 Å². The number of anilines is 2. The zero-order chi connectivity index (χ0) is 34.5. The maximum absolute atomic E-state index is 13.2. The third-order valence-corrected chi connectivity index (χ3v) is 7.41. The number of urea groups is 1. The first-order valence-corrected chi connectivity index (χ1v) is 15.6. The fraction of sp³-hybridized carbons (Fsp3) is 0.206. The Kier molecular flexibility index (Phi) is 12.7. The molecular formula is C34H32BrF3N6O4. The lowest BCUT2D eigenvalue weighted by Gasteiger charge is -2.18. The second-order valence-electron chi connectivity index (χ2n) is 10.5. The summed E-state index contributed by atoms with van der Waals surface area (Å²) in [5, 5.41) is 10.7. The lowest BCUT2D eigenvalue weighted by atomic mass is 10.1. The highest BCUT2D eigenvalue weighted by atomic mass is 79.9. The van der Waals surface area contributed by atoms with Gasteiger partial charge in [0.2, 0.25) is 5.91 Å². The summed E-state index contributed by atoms with van der Waals surface area (Å²) in [4.78, 5) is 45.9. The van der Waals surface area contributed by atoms with Crippen molar-refractivity contribution in [2.24, 2.45) is 0 Å². The van der Waals surface area contributed by atoms with Gasteiger partial charge in [-0.15, -0.1) is 0 Å². The smallest absolute Gasteiger partial charge is 0.417 e. The maximum atomic E-state index is 13.2. The van der Waals surface area contributed by atoms with Gasteiger partial charge in [0, 0.05) is 59.2 Å². The Morgan fingerprint density at radius 3 is 2.42 bits per heavy atom. The van der Waals surface area contributed by atoms with E-state index < -0.39 is 23.7 Å². The molecule has 0 fully saturated rings. The number of halogens is 4. The number of hydrogen-bond donors (Lipinski definition) is 4. The quantitative estimate of drug-likeness (QED) is 0.104. The van der Waals surface area contributed by atoms with Gasteiger partial charge in [-0.05, 0) is 72.7 Å². The number of amides is 4. The predicted molar refractivity (Wildman–Crippen MR) is 180 cm³/mol. The average Bonchev–Trinajstić information content (AvgIpc) is 3.06. The minimum absolute atomic E-state index is 0.0318. The number of unbranched alkanes of at least 4 members (excludes halogenated alkanes) is 1. The van der Waals surface area contributed by atoms with Crippen LogP contribution in [0.1, 0.15) is 47.8 Å². The molecule has 2 heterocycles. The molecule has 0 aliphatic heterocycles. The van der Waals surface area contributed by atoms with E-state index >= 15 is 0 Å². The molecule has 0 radical (unpaired) electrons. The number of pyridine rings is 2. The van der Waals surface area contributed by atoms with Crippen LogP contribution >= 0.6 is 15.9 Å². The fourth-order valence-electron chi connectivity index (χ4n) is 4.33. The van der Waals surface area contributed by atoms with Gasteiger partial charge in [-0.3, -0.25) is 19.6 Å². The van der Waals surface area contributed by atoms with Crippen LogP contribution < -0.4 is 26.0 Å². The van der Waals surface area contributed by atoms with Crippen molar-refractivity contribution in [1.82, 2.24) is 20.6 Å². The summed E-state index contributed by atoms with van der Waals surface area (Å²) >= 11 is 2.86. The SMILES string of the molecule is CCCCC(CNC(=O)c1cc(Oc2ccc(NC(=O)Nc3ccc(Br)c(C(F)(F)F)c3)cc2)ccn1)NC(=O)C=Cc1cccnc1. The normalized spacial score (nSPS) is 11.9. The summed E-state index contributed by atoms with van der Waals surface area (Å²) in [6.07, 6.45) is 5.69. The molecule has 2 aromatic carbocycles. The van der Waals surface area contributed by atoms with Crippen LogP contribution in [0.25, 0.3) is 6.08 Å².